The summed E-state index contributed by atoms with van der Waals surface area (Å²) in [5, 5.41) is 16.3. The number of likely N-dealkylation sites (N-methyl/N-ethyl adjacent to an activating group) is 1. The van der Waals surface area contributed by atoms with Gasteiger partial charge in [-0.2, -0.15) is 10.4 Å². The second kappa shape index (κ2) is 8.98. The molecule has 142 valence electrons. The van der Waals surface area contributed by atoms with Crippen LogP contribution in [-0.4, -0.2) is 40.7 Å². The second-order valence-electron chi connectivity index (χ2n) is 6.72. The summed E-state index contributed by atoms with van der Waals surface area (Å²) in [6.07, 6.45) is 0.392. The number of carbonyl (C=O) groups excluding carboxylic acids is 1. The summed E-state index contributed by atoms with van der Waals surface area (Å²) in [7, 11) is 1.82. The number of nitriles is 1. The number of carbonyl (C=O) groups is 1. The molecule has 0 radical (unpaired) electrons. The smallest absolute Gasteiger partial charge is 0.239 e. The lowest BCUT2D eigenvalue weighted by Gasteiger charge is -2.15. The Kier molecular flexibility index (Phi) is 6.20. The molecule has 1 amide bonds. The summed E-state index contributed by atoms with van der Waals surface area (Å²) in [6.45, 7) is 2.80. The average Bonchev–Trinajstić information content (AvgIpc) is 3.11. The Morgan fingerprint density at radius 1 is 1.18 bits per heavy atom. The Bertz CT molecular complexity index is 970. The molecule has 0 spiro atoms. The highest BCUT2D eigenvalue weighted by Gasteiger charge is 2.14. The summed E-state index contributed by atoms with van der Waals surface area (Å²) in [5.74, 6) is 0.466. The average molecular weight is 373 g/mol. The van der Waals surface area contributed by atoms with Crippen molar-refractivity contribution >= 4 is 11.7 Å². The maximum absolute atomic E-state index is 12.5. The van der Waals surface area contributed by atoms with E-state index in [1.807, 2.05) is 79.5 Å². The number of hydrogen-bond donors (Lipinski definition) is 1. The zero-order chi connectivity index (χ0) is 19.9. The Morgan fingerprint density at radius 2 is 1.89 bits per heavy atom. The maximum atomic E-state index is 12.5. The van der Waals surface area contributed by atoms with Gasteiger partial charge in [-0.15, -0.1) is 0 Å². The van der Waals surface area contributed by atoms with Crippen molar-refractivity contribution in [3.8, 4) is 23.0 Å². The fourth-order valence-corrected chi connectivity index (χ4v) is 2.85. The van der Waals surface area contributed by atoms with Crippen LogP contribution in [0, 0.1) is 18.3 Å². The molecule has 1 heterocycles. The molecule has 3 rings (SSSR count). The first-order chi connectivity index (χ1) is 13.6. The highest BCUT2D eigenvalue weighted by atomic mass is 16.2. The third-order valence-corrected chi connectivity index (χ3v) is 4.34. The number of aromatic nitrogens is 2. The Morgan fingerprint density at radius 3 is 2.57 bits per heavy atom. The van der Waals surface area contributed by atoms with Gasteiger partial charge in [-0.3, -0.25) is 9.69 Å². The summed E-state index contributed by atoms with van der Waals surface area (Å²) >= 11 is 0. The van der Waals surface area contributed by atoms with Crippen LogP contribution in [0.25, 0.3) is 16.9 Å². The van der Waals surface area contributed by atoms with Gasteiger partial charge in [-0.25, -0.2) is 4.68 Å². The van der Waals surface area contributed by atoms with Gasteiger partial charge in [0.1, 0.15) is 5.82 Å². The second-order valence-corrected chi connectivity index (χ2v) is 6.72. The highest BCUT2D eigenvalue weighted by Crippen LogP contribution is 2.25. The number of benzene rings is 2. The van der Waals surface area contributed by atoms with Gasteiger partial charge >= 0.3 is 0 Å². The van der Waals surface area contributed by atoms with E-state index in [2.05, 4.69) is 11.4 Å². The highest BCUT2D eigenvalue weighted by molar-refractivity contribution is 5.92. The van der Waals surface area contributed by atoms with Crippen LogP contribution in [0.2, 0.25) is 0 Å². The Hall–Kier alpha value is -3.43. The first kappa shape index (κ1) is 19.3. The number of anilines is 1. The zero-order valence-corrected chi connectivity index (χ0v) is 16.1. The van der Waals surface area contributed by atoms with Crippen molar-refractivity contribution in [3.05, 3.63) is 66.2 Å². The molecule has 0 aliphatic carbocycles. The quantitative estimate of drug-likeness (QED) is 0.686. The van der Waals surface area contributed by atoms with E-state index >= 15 is 0 Å². The number of nitrogens with zero attached hydrogens (tertiary/aromatic N) is 4. The Labute approximate surface area is 165 Å². The van der Waals surface area contributed by atoms with Crippen molar-refractivity contribution in [2.24, 2.45) is 0 Å². The maximum Gasteiger partial charge on any atom is 0.239 e. The summed E-state index contributed by atoms with van der Waals surface area (Å²) < 4.78 is 1.74. The predicted molar refractivity (Wildman–Crippen MR) is 110 cm³/mol. The molecule has 0 atom stereocenters. The Balaban J connectivity index is 1.87. The molecular weight excluding hydrogens is 350 g/mol. The van der Waals surface area contributed by atoms with Gasteiger partial charge < -0.3 is 5.32 Å². The molecule has 6 nitrogen and oxygen atoms in total. The summed E-state index contributed by atoms with van der Waals surface area (Å²) in [6, 6.07) is 21.8. The van der Waals surface area contributed by atoms with Gasteiger partial charge in [-0.1, -0.05) is 48.0 Å². The molecule has 0 aliphatic heterocycles. The number of nitrogens with one attached hydrogen (secondary N) is 1. The molecule has 0 saturated heterocycles. The third kappa shape index (κ3) is 4.84. The van der Waals surface area contributed by atoms with Gasteiger partial charge in [0.15, 0.2) is 0 Å². The molecule has 28 heavy (non-hydrogen) atoms. The van der Waals surface area contributed by atoms with Crippen LogP contribution in [0.15, 0.2) is 60.7 Å². The summed E-state index contributed by atoms with van der Waals surface area (Å²) in [4.78, 5) is 14.3. The first-order valence-electron chi connectivity index (χ1n) is 9.14. The fourth-order valence-electron chi connectivity index (χ4n) is 2.85. The van der Waals surface area contributed by atoms with Crippen molar-refractivity contribution in [1.82, 2.24) is 14.7 Å². The van der Waals surface area contributed by atoms with Crippen molar-refractivity contribution in [2.45, 2.75) is 13.3 Å². The fraction of sp³-hybridized carbons (Fsp3) is 0.227. The van der Waals surface area contributed by atoms with E-state index < -0.39 is 0 Å². The van der Waals surface area contributed by atoms with Gasteiger partial charge in [-0.05, 0) is 26.1 Å². The minimum atomic E-state index is -0.145. The SMILES string of the molecule is Cc1ccc(-c2cc(NC(=O)CN(C)CCC#N)n(-c3ccccc3)n2)cc1. The first-order valence-corrected chi connectivity index (χ1v) is 9.14. The van der Waals surface area contributed by atoms with Crippen molar-refractivity contribution in [1.29, 1.82) is 5.26 Å². The molecule has 0 bridgehead atoms. The largest absolute Gasteiger partial charge is 0.309 e. The molecule has 0 fully saturated rings. The van der Waals surface area contributed by atoms with Crippen LogP contribution in [0.5, 0.6) is 0 Å². The lowest BCUT2D eigenvalue weighted by atomic mass is 10.1. The molecular formula is C22H23N5O. The lowest BCUT2D eigenvalue weighted by molar-refractivity contribution is -0.117. The molecule has 1 aromatic heterocycles. The zero-order valence-electron chi connectivity index (χ0n) is 16.1. The van der Waals surface area contributed by atoms with E-state index in [1.54, 1.807) is 4.68 Å². The van der Waals surface area contributed by atoms with E-state index in [9.17, 15) is 4.79 Å². The van der Waals surface area contributed by atoms with E-state index in [4.69, 9.17) is 10.4 Å². The topological polar surface area (TPSA) is 74.0 Å². The van der Waals surface area contributed by atoms with E-state index in [0.29, 0.717) is 18.8 Å². The minimum Gasteiger partial charge on any atom is -0.309 e. The molecule has 3 aromatic rings. The third-order valence-electron chi connectivity index (χ3n) is 4.34. The van der Waals surface area contributed by atoms with Gasteiger partial charge in [0, 0.05) is 24.6 Å². The molecule has 6 heteroatoms. The van der Waals surface area contributed by atoms with Gasteiger partial charge in [0.05, 0.1) is 24.0 Å². The number of para-hydroxylation sites is 1. The summed E-state index contributed by atoms with van der Waals surface area (Å²) in [5.41, 5.74) is 3.83. The van der Waals surface area contributed by atoms with Gasteiger partial charge in [0.25, 0.3) is 0 Å². The standard InChI is InChI=1S/C22H23N5O/c1-17-9-11-18(12-10-17)20-15-21(24-22(28)16-26(2)14-6-13-23)27(25-20)19-7-4-3-5-8-19/h3-5,7-12,15H,6,14,16H2,1-2H3,(H,24,28). The number of rotatable bonds is 7. The van der Waals surface area contributed by atoms with Crippen LogP contribution in [0.4, 0.5) is 5.82 Å². The van der Waals surface area contributed by atoms with Crippen molar-refractivity contribution < 1.29 is 4.79 Å². The van der Waals surface area contributed by atoms with Crippen LogP contribution >= 0.6 is 0 Å². The van der Waals surface area contributed by atoms with E-state index in [1.165, 1.54) is 5.56 Å². The minimum absolute atomic E-state index is 0.145. The molecule has 0 saturated carbocycles. The van der Waals surface area contributed by atoms with Crippen LogP contribution in [0.1, 0.15) is 12.0 Å². The van der Waals surface area contributed by atoms with Gasteiger partial charge in [0.2, 0.25) is 5.91 Å². The lowest BCUT2D eigenvalue weighted by Crippen LogP contribution is -2.31. The number of amides is 1. The van der Waals surface area contributed by atoms with Crippen LogP contribution < -0.4 is 5.32 Å². The molecule has 1 N–H and O–H groups in total. The van der Waals surface area contributed by atoms with Crippen LogP contribution in [0.3, 0.4) is 0 Å². The van der Waals surface area contributed by atoms with E-state index in [-0.39, 0.29) is 12.5 Å². The monoisotopic (exact) mass is 373 g/mol. The van der Waals surface area contributed by atoms with Crippen molar-refractivity contribution in [2.75, 3.05) is 25.5 Å². The molecule has 2 aromatic carbocycles. The van der Waals surface area contributed by atoms with E-state index in [0.717, 1.165) is 16.9 Å². The normalized spacial score (nSPS) is 10.6. The predicted octanol–water partition coefficient (Wildman–Crippen LogP) is 3.63. The molecule has 0 aliphatic rings. The number of aryl methyl sites for hydroxylation is 1. The molecule has 0 unspecified atom stereocenters. The van der Waals surface area contributed by atoms with Crippen molar-refractivity contribution in [3.63, 3.8) is 0 Å². The van der Waals surface area contributed by atoms with Crippen LogP contribution in [-0.2, 0) is 4.79 Å². The number of hydrogen-bond acceptors (Lipinski definition) is 4.